The van der Waals surface area contributed by atoms with Crippen LogP contribution in [0.1, 0.15) is 17.2 Å². The van der Waals surface area contributed by atoms with E-state index in [1.165, 1.54) is 0 Å². The van der Waals surface area contributed by atoms with E-state index in [2.05, 4.69) is 10.9 Å². The van der Waals surface area contributed by atoms with Crippen molar-refractivity contribution in [3.63, 3.8) is 0 Å². The van der Waals surface area contributed by atoms with E-state index in [-0.39, 0.29) is 24.7 Å². The van der Waals surface area contributed by atoms with Gasteiger partial charge in [-0.25, -0.2) is 5.43 Å². The second-order valence-electron chi connectivity index (χ2n) is 6.40. The number of amides is 1. The molecule has 1 saturated heterocycles. The zero-order chi connectivity index (χ0) is 17.2. The van der Waals surface area contributed by atoms with Gasteiger partial charge in [0.1, 0.15) is 0 Å². The number of hydrogen-bond acceptors (Lipinski definition) is 5. The number of nitrogens with zero attached hydrogens (tertiary/aromatic N) is 1. The van der Waals surface area contributed by atoms with E-state index in [1.807, 2.05) is 55.6 Å². The Balaban J connectivity index is 1.46. The Kier molecular flexibility index (Phi) is 4.29. The Bertz CT molecular complexity index is 766. The number of fused-ring (bicyclic) bond motifs is 1. The highest BCUT2D eigenvalue weighted by atomic mass is 16.7. The first kappa shape index (κ1) is 15.9. The van der Waals surface area contributed by atoms with E-state index < -0.39 is 0 Å². The Morgan fingerprint density at radius 3 is 2.80 bits per heavy atom. The lowest BCUT2D eigenvalue weighted by molar-refractivity contribution is -0.134. The molecule has 0 bridgehead atoms. The third kappa shape index (κ3) is 3.18. The second kappa shape index (κ2) is 6.74. The predicted octanol–water partition coefficient (Wildman–Crippen LogP) is 1.84. The fourth-order valence-corrected chi connectivity index (χ4v) is 3.38. The first-order valence-electron chi connectivity index (χ1n) is 8.39. The normalized spacial score (nSPS) is 21.3. The number of ether oxygens (including phenoxy) is 2. The van der Waals surface area contributed by atoms with E-state index in [1.54, 1.807) is 4.90 Å². The van der Waals surface area contributed by atoms with Crippen LogP contribution in [0, 0.1) is 5.92 Å². The number of benzene rings is 2. The highest BCUT2D eigenvalue weighted by Gasteiger charge is 2.35. The molecule has 6 nitrogen and oxygen atoms in total. The average molecular weight is 339 g/mol. The van der Waals surface area contributed by atoms with Crippen LogP contribution in [0.25, 0.3) is 0 Å². The maximum atomic E-state index is 13.0. The maximum Gasteiger partial charge on any atom is 0.231 e. The molecule has 2 aliphatic heterocycles. The number of nitrogens with one attached hydrogen (secondary N) is 2. The number of hydrazine groups is 1. The molecule has 130 valence electrons. The average Bonchev–Trinajstić information content (AvgIpc) is 3.30. The summed E-state index contributed by atoms with van der Waals surface area (Å²) in [4.78, 5) is 14.7. The molecule has 0 saturated carbocycles. The highest BCUT2D eigenvalue weighted by Crippen LogP contribution is 2.33. The molecule has 1 fully saturated rings. The summed E-state index contributed by atoms with van der Waals surface area (Å²) in [5, 5.41) is 0. The van der Waals surface area contributed by atoms with Crippen LogP contribution in [0.3, 0.4) is 0 Å². The van der Waals surface area contributed by atoms with Crippen LogP contribution in [-0.4, -0.2) is 31.2 Å². The molecule has 2 heterocycles. The molecular weight excluding hydrogens is 318 g/mol. The molecule has 2 N–H and O–H groups in total. The van der Waals surface area contributed by atoms with Gasteiger partial charge in [-0.1, -0.05) is 36.4 Å². The zero-order valence-electron chi connectivity index (χ0n) is 14.1. The summed E-state index contributed by atoms with van der Waals surface area (Å²) in [5.41, 5.74) is 8.48. The van der Waals surface area contributed by atoms with Crippen LogP contribution < -0.4 is 20.3 Å². The van der Waals surface area contributed by atoms with Gasteiger partial charge in [-0.3, -0.25) is 10.2 Å². The van der Waals surface area contributed by atoms with Gasteiger partial charge in [0, 0.05) is 20.1 Å². The summed E-state index contributed by atoms with van der Waals surface area (Å²) in [7, 11) is 1.84. The first-order chi connectivity index (χ1) is 12.2. The Morgan fingerprint density at radius 2 is 1.96 bits per heavy atom. The summed E-state index contributed by atoms with van der Waals surface area (Å²) in [6.07, 6.45) is 0. The van der Waals surface area contributed by atoms with Gasteiger partial charge in [0.25, 0.3) is 0 Å². The van der Waals surface area contributed by atoms with Crippen molar-refractivity contribution in [2.75, 3.05) is 20.4 Å². The number of hydrogen-bond donors (Lipinski definition) is 2. The van der Waals surface area contributed by atoms with Crippen molar-refractivity contribution in [3.05, 3.63) is 59.7 Å². The Hall–Kier alpha value is -2.57. The SMILES string of the molecule is CN(Cc1ccc2c(c1)OCO2)C(=O)C1CNNC1c1ccccc1. The highest BCUT2D eigenvalue weighted by molar-refractivity contribution is 5.80. The van der Waals surface area contributed by atoms with Crippen LogP contribution in [0.15, 0.2) is 48.5 Å². The van der Waals surface area contributed by atoms with E-state index in [4.69, 9.17) is 9.47 Å². The third-order valence-corrected chi connectivity index (χ3v) is 4.69. The van der Waals surface area contributed by atoms with Crippen LogP contribution in [-0.2, 0) is 11.3 Å². The summed E-state index contributed by atoms with van der Waals surface area (Å²) in [6, 6.07) is 15.8. The van der Waals surface area contributed by atoms with Crippen molar-refractivity contribution in [2.45, 2.75) is 12.6 Å². The molecule has 0 radical (unpaired) electrons. The lowest BCUT2D eigenvalue weighted by atomic mass is 9.93. The smallest absolute Gasteiger partial charge is 0.231 e. The molecular formula is C19H21N3O3. The topological polar surface area (TPSA) is 62.8 Å². The van der Waals surface area contributed by atoms with Crippen LogP contribution >= 0.6 is 0 Å². The fraction of sp³-hybridized carbons (Fsp3) is 0.316. The summed E-state index contributed by atoms with van der Waals surface area (Å²) >= 11 is 0. The summed E-state index contributed by atoms with van der Waals surface area (Å²) in [5.74, 6) is 1.47. The van der Waals surface area contributed by atoms with Gasteiger partial charge in [0.15, 0.2) is 11.5 Å². The van der Waals surface area contributed by atoms with Gasteiger partial charge in [-0.2, -0.15) is 0 Å². The molecule has 2 unspecified atom stereocenters. The summed E-state index contributed by atoms with van der Waals surface area (Å²) in [6.45, 7) is 1.41. The molecule has 0 aliphatic carbocycles. The largest absolute Gasteiger partial charge is 0.454 e. The monoisotopic (exact) mass is 339 g/mol. The van der Waals surface area contributed by atoms with E-state index >= 15 is 0 Å². The number of carbonyl (C=O) groups is 1. The van der Waals surface area contributed by atoms with E-state index in [9.17, 15) is 4.79 Å². The minimum absolute atomic E-state index is 0.0205. The van der Waals surface area contributed by atoms with Gasteiger partial charge in [0.2, 0.25) is 12.7 Å². The predicted molar refractivity (Wildman–Crippen MR) is 92.9 cm³/mol. The van der Waals surface area contributed by atoms with Crippen LogP contribution in [0.4, 0.5) is 0 Å². The van der Waals surface area contributed by atoms with Crippen molar-refractivity contribution in [2.24, 2.45) is 5.92 Å². The quantitative estimate of drug-likeness (QED) is 0.890. The molecule has 1 amide bonds. The number of rotatable bonds is 4. The number of carbonyl (C=O) groups excluding carboxylic acids is 1. The third-order valence-electron chi connectivity index (χ3n) is 4.69. The Morgan fingerprint density at radius 1 is 1.16 bits per heavy atom. The minimum atomic E-state index is -0.138. The van der Waals surface area contributed by atoms with Crippen molar-refractivity contribution in [1.82, 2.24) is 15.8 Å². The van der Waals surface area contributed by atoms with Crippen LogP contribution in [0.2, 0.25) is 0 Å². The van der Waals surface area contributed by atoms with Gasteiger partial charge < -0.3 is 14.4 Å². The van der Waals surface area contributed by atoms with Gasteiger partial charge >= 0.3 is 0 Å². The molecule has 6 heteroatoms. The minimum Gasteiger partial charge on any atom is -0.454 e. The van der Waals surface area contributed by atoms with Crippen LogP contribution in [0.5, 0.6) is 11.5 Å². The molecule has 2 aliphatic rings. The lowest BCUT2D eigenvalue weighted by Gasteiger charge is -2.24. The standard InChI is InChI=1S/C19H21N3O3/c1-22(11-13-7-8-16-17(9-13)25-12-24-16)19(23)15-10-20-21-18(15)14-5-3-2-4-6-14/h2-9,15,18,20-21H,10-12H2,1H3. The van der Waals surface area contributed by atoms with Crippen molar-refractivity contribution in [1.29, 1.82) is 0 Å². The van der Waals surface area contributed by atoms with Crippen molar-refractivity contribution < 1.29 is 14.3 Å². The summed E-state index contributed by atoms with van der Waals surface area (Å²) < 4.78 is 10.7. The van der Waals surface area contributed by atoms with Crippen molar-refractivity contribution in [3.8, 4) is 11.5 Å². The molecule has 0 spiro atoms. The molecule has 2 aromatic rings. The molecule has 25 heavy (non-hydrogen) atoms. The molecule has 2 aromatic carbocycles. The van der Waals surface area contributed by atoms with Crippen molar-refractivity contribution >= 4 is 5.91 Å². The zero-order valence-corrected chi connectivity index (χ0v) is 14.1. The Labute approximate surface area is 146 Å². The van der Waals surface area contributed by atoms with E-state index in [0.29, 0.717) is 13.1 Å². The second-order valence-corrected chi connectivity index (χ2v) is 6.40. The van der Waals surface area contributed by atoms with E-state index in [0.717, 1.165) is 22.6 Å². The molecule has 2 atom stereocenters. The van der Waals surface area contributed by atoms with Gasteiger partial charge in [0.05, 0.1) is 12.0 Å². The molecule has 0 aromatic heterocycles. The maximum absolute atomic E-state index is 13.0. The molecule has 4 rings (SSSR count). The van der Waals surface area contributed by atoms with Gasteiger partial charge in [-0.05, 0) is 23.3 Å². The lowest BCUT2D eigenvalue weighted by Crippen LogP contribution is -2.36. The fourth-order valence-electron chi connectivity index (χ4n) is 3.38. The van der Waals surface area contributed by atoms with Gasteiger partial charge in [-0.15, -0.1) is 0 Å². The first-order valence-corrected chi connectivity index (χ1v) is 8.39.